The fourth-order valence-electron chi connectivity index (χ4n) is 4.31. The number of rotatable bonds is 23. The van der Waals surface area contributed by atoms with Gasteiger partial charge in [-0.05, 0) is 50.7 Å². The molecule has 1 heterocycles. The lowest BCUT2D eigenvalue weighted by Crippen LogP contribution is -2.39. The summed E-state index contributed by atoms with van der Waals surface area (Å²) in [7, 11) is 0. The molecule has 1 atom stereocenters. The van der Waals surface area contributed by atoms with Crippen LogP contribution in [0.4, 0.5) is 0 Å². The Morgan fingerprint density at radius 2 is 1.40 bits per heavy atom. The van der Waals surface area contributed by atoms with E-state index in [0.29, 0.717) is 18.1 Å². The van der Waals surface area contributed by atoms with Gasteiger partial charge in [0.25, 0.3) is 5.91 Å². The molecule has 0 radical (unpaired) electrons. The van der Waals surface area contributed by atoms with Crippen LogP contribution in [0.25, 0.3) is 0 Å². The number of phenolic OH excluding ortho intramolecular Hbond substituents is 1. The van der Waals surface area contributed by atoms with Crippen molar-refractivity contribution >= 4 is 47.2 Å². The minimum atomic E-state index is -0.503. The van der Waals surface area contributed by atoms with Gasteiger partial charge in [0, 0.05) is 37.6 Å². The number of hydrogen-bond donors (Lipinski definition) is 3. The summed E-state index contributed by atoms with van der Waals surface area (Å²) >= 11 is 2.82. The Balaban J connectivity index is 1.47. The van der Waals surface area contributed by atoms with Crippen LogP contribution in [0, 0.1) is 0 Å². The van der Waals surface area contributed by atoms with Gasteiger partial charge in [-0.3, -0.25) is 24.1 Å². The van der Waals surface area contributed by atoms with Crippen molar-refractivity contribution in [2.75, 3.05) is 36.9 Å². The van der Waals surface area contributed by atoms with Crippen molar-refractivity contribution in [3.8, 4) is 5.75 Å². The smallest absolute Gasteiger partial charge is 0.255 e. The zero-order chi connectivity index (χ0) is 34.0. The SMILES string of the molecule is CC/C=C\C/C=C\C/C=C\C/C=C\C/C=C\C/C=C\CSCC(=O)NCCN1C(=O)CC(SCCNC(=O)c2ccccc2O)C1=O. The summed E-state index contributed by atoms with van der Waals surface area (Å²) in [5, 5.41) is 14.8. The maximum atomic E-state index is 12.7. The van der Waals surface area contributed by atoms with Crippen LogP contribution < -0.4 is 10.6 Å². The van der Waals surface area contributed by atoms with Crippen molar-refractivity contribution in [2.24, 2.45) is 0 Å². The van der Waals surface area contributed by atoms with Crippen LogP contribution in [0.3, 0.4) is 0 Å². The van der Waals surface area contributed by atoms with Crippen LogP contribution >= 0.6 is 23.5 Å². The number of nitrogens with zero attached hydrogens (tertiary/aromatic N) is 1. The molecule has 1 aliphatic heterocycles. The molecule has 1 aromatic carbocycles. The lowest BCUT2D eigenvalue weighted by atomic mass is 10.2. The predicted molar refractivity (Wildman–Crippen MR) is 197 cm³/mol. The van der Waals surface area contributed by atoms with Gasteiger partial charge in [0.05, 0.1) is 16.6 Å². The maximum absolute atomic E-state index is 12.7. The molecule has 0 aliphatic carbocycles. The Hall–Kier alpha value is -3.76. The quantitative estimate of drug-likeness (QED) is 0.0685. The van der Waals surface area contributed by atoms with E-state index in [2.05, 4.69) is 84.4 Å². The molecular formula is C37H49N3O5S2. The number of para-hydroxylation sites is 1. The molecule has 0 saturated carbocycles. The molecule has 0 spiro atoms. The molecule has 2 rings (SSSR count). The van der Waals surface area contributed by atoms with Gasteiger partial charge < -0.3 is 15.7 Å². The van der Waals surface area contributed by atoms with Crippen LogP contribution in [-0.2, 0) is 14.4 Å². The molecule has 1 unspecified atom stereocenters. The molecule has 0 bridgehead atoms. The molecule has 1 aromatic rings. The number of nitrogens with one attached hydrogen (secondary N) is 2. The van der Waals surface area contributed by atoms with E-state index in [0.717, 1.165) is 44.3 Å². The molecule has 254 valence electrons. The number of carbonyl (C=O) groups excluding carboxylic acids is 4. The number of likely N-dealkylation sites (tertiary alicyclic amines) is 1. The van der Waals surface area contributed by atoms with E-state index < -0.39 is 11.2 Å². The molecule has 10 heteroatoms. The summed E-state index contributed by atoms with van der Waals surface area (Å²) in [4.78, 5) is 50.6. The standard InChI is InChI=1S/C37H49N3O5S2/c1-2-3-4-5-6-7-8-9-10-11-12-13-14-15-16-17-18-21-27-46-30-34(42)38-24-26-40-35(43)29-33(37(40)45)47-28-25-39-36(44)31-22-19-20-23-32(31)41/h3-4,6-7,9-10,12-13,15-16,18-23,33,41H,2,5,8,11,14,17,24-30H2,1H3,(H,38,42)(H,39,44)/b4-3-,7-6-,10-9-,13-12-,16-15-,21-18-. The molecular weight excluding hydrogens is 631 g/mol. The molecule has 8 nitrogen and oxygen atoms in total. The summed E-state index contributed by atoms with van der Waals surface area (Å²) in [5.74, 6) is 0.325. The molecule has 1 aliphatic rings. The Bertz CT molecular complexity index is 1300. The summed E-state index contributed by atoms with van der Waals surface area (Å²) in [6, 6.07) is 6.26. The normalized spacial score (nSPS) is 15.6. The summed E-state index contributed by atoms with van der Waals surface area (Å²) in [6.07, 6.45) is 31.8. The van der Waals surface area contributed by atoms with Gasteiger partial charge in [-0.25, -0.2) is 0 Å². The van der Waals surface area contributed by atoms with E-state index in [9.17, 15) is 24.3 Å². The average Bonchev–Trinajstić information content (AvgIpc) is 3.33. The van der Waals surface area contributed by atoms with Crippen LogP contribution in [0.2, 0.25) is 0 Å². The van der Waals surface area contributed by atoms with E-state index in [1.54, 1.807) is 12.1 Å². The maximum Gasteiger partial charge on any atom is 0.255 e. The van der Waals surface area contributed by atoms with Crippen molar-refractivity contribution < 1.29 is 24.3 Å². The zero-order valence-corrected chi connectivity index (χ0v) is 29.0. The molecule has 3 N–H and O–H groups in total. The minimum absolute atomic E-state index is 0.0968. The number of hydrogen-bond acceptors (Lipinski definition) is 7. The number of aromatic hydroxyl groups is 1. The second-order valence-corrected chi connectivity index (χ2v) is 12.8. The average molecular weight is 680 g/mol. The summed E-state index contributed by atoms with van der Waals surface area (Å²) in [6.45, 7) is 2.79. The van der Waals surface area contributed by atoms with E-state index in [1.807, 2.05) is 6.08 Å². The molecule has 47 heavy (non-hydrogen) atoms. The van der Waals surface area contributed by atoms with Crippen molar-refractivity contribution in [1.82, 2.24) is 15.5 Å². The number of carbonyl (C=O) groups is 4. The first kappa shape index (κ1) is 39.4. The third-order valence-corrected chi connectivity index (χ3v) is 8.86. The largest absolute Gasteiger partial charge is 0.507 e. The van der Waals surface area contributed by atoms with Gasteiger partial charge >= 0.3 is 0 Å². The monoisotopic (exact) mass is 679 g/mol. The van der Waals surface area contributed by atoms with Crippen molar-refractivity contribution in [3.05, 3.63) is 103 Å². The highest BCUT2D eigenvalue weighted by Crippen LogP contribution is 2.24. The van der Waals surface area contributed by atoms with Crippen molar-refractivity contribution in [3.63, 3.8) is 0 Å². The second-order valence-electron chi connectivity index (χ2n) is 10.5. The Morgan fingerprint density at radius 3 is 2.00 bits per heavy atom. The number of allylic oxidation sites excluding steroid dienone is 11. The van der Waals surface area contributed by atoms with Crippen LogP contribution in [0.15, 0.2) is 97.2 Å². The third kappa shape index (κ3) is 17.7. The Labute approximate surface area is 288 Å². The topological polar surface area (TPSA) is 116 Å². The number of thioether (sulfide) groups is 2. The second kappa shape index (κ2) is 25.3. The molecule has 4 amide bonds. The molecule has 0 aromatic heterocycles. The number of phenols is 1. The van der Waals surface area contributed by atoms with Gasteiger partial charge in [-0.15, -0.1) is 23.5 Å². The fourth-order valence-corrected chi connectivity index (χ4v) is 6.02. The molecule has 1 saturated heterocycles. The third-order valence-electron chi connectivity index (χ3n) is 6.76. The number of benzene rings is 1. The van der Waals surface area contributed by atoms with Gasteiger partial charge in [0.1, 0.15) is 5.75 Å². The first-order chi connectivity index (χ1) is 22.9. The first-order valence-corrected chi connectivity index (χ1v) is 18.4. The van der Waals surface area contributed by atoms with Crippen LogP contribution in [-0.4, -0.2) is 75.8 Å². The van der Waals surface area contributed by atoms with Gasteiger partial charge in [-0.2, -0.15) is 0 Å². The zero-order valence-electron chi connectivity index (χ0n) is 27.4. The van der Waals surface area contributed by atoms with Crippen LogP contribution in [0.5, 0.6) is 5.75 Å². The fraction of sp³-hybridized carbons (Fsp3) is 0.405. The van der Waals surface area contributed by atoms with E-state index >= 15 is 0 Å². The van der Waals surface area contributed by atoms with Gasteiger partial charge in [-0.1, -0.05) is 92.0 Å². The minimum Gasteiger partial charge on any atom is -0.507 e. The Morgan fingerprint density at radius 1 is 0.830 bits per heavy atom. The highest BCUT2D eigenvalue weighted by atomic mass is 32.2. The van der Waals surface area contributed by atoms with E-state index in [1.165, 1.54) is 40.6 Å². The lowest BCUT2D eigenvalue weighted by Gasteiger charge is -2.15. The number of imide groups is 1. The van der Waals surface area contributed by atoms with Gasteiger partial charge in [0.15, 0.2) is 0 Å². The highest BCUT2D eigenvalue weighted by molar-refractivity contribution is 8.00. The van der Waals surface area contributed by atoms with E-state index in [-0.39, 0.29) is 48.5 Å². The Kier molecular flexibility index (Phi) is 21.3. The van der Waals surface area contributed by atoms with Crippen molar-refractivity contribution in [2.45, 2.75) is 57.1 Å². The summed E-state index contributed by atoms with van der Waals surface area (Å²) < 4.78 is 0. The van der Waals surface area contributed by atoms with Crippen molar-refractivity contribution in [1.29, 1.82) is 0 Å². The lowest BCUT2D eigenvalue weighted by molar-refractivity contribution is -0.138. The predicted octanol–water partition coefficient (Wildman–Crippen LogP) is 6.53. The summed E-state index contributed by atoms with van der Waals surface area (Å²) in [5.41, 5.74) is 0.185. The van der Waals surface area contributed by atoms with Gasteiger partial charge in [0.2, 0.25) is 17.7 Å². The first-order valence-electron chi connectivity index (χ1n) is 16.2. The van der Waals surface area contributed by atoms with Crippen LogP contribution in [0.1, 0.15) is 62.2 Å². The molecule has 1 fully saturated rings. The van der Waals surface area contributed by atoms with E-state index in [4.69, 9.17) is 0 Å². The highest BCUT2D eigenvalue weighted by Gasteiger charge is 2.38. The number of amides is 4.